The molecule has 0 unspecified atom stereocenters. The van der Waals surface area contributed by atoms with E-state index < -0.39 is 0 Å². The van der Waals surface area contributed by atoms with Crippen LogP contribution in [0.1, 0.15) is 24.1 Å². The van der Waals surface area contributed by atoms with Crippen molar-refractivity contribution in [3.63, 3.8) is 0 Å². The largest absolute Gasteiger partial charge is 0.339 e. The van der Waals surface area contributed by atoms with Crippen molar-refractivity contribution in [2.75, 3.05) is 11.9 Å². The lowest BCUT2D eigenvalue weighted by atomic mass is 10.2. The molecular formula is C19H19N5. The van der Waals surface area contributed by atoms with E-state index in [1.54, 1.807) is 6.33 Å². The molecule has 1 aliphatic carbocycles. The topological polar surface area (TPSA) is 53.9 Å². The SMILES string of the molecule is c1ccc2ncc(Nc3ncnc4c3CN(CC3CC3)C4)cc2c1. The van der Waals surface area contributed by atoms with Gasteiger partial charge in [0.05, 0.1) is 23.1 Å². The van der Waals surface area contributed by atoms with E-state index in [2.05, 4.69) is 37.3 Å². The summed E-state index contributed by atoms with van der Waals surface area (Å²) in [6, 6.07) is 10.3. The molecule has 0 radical (unpaired) electrons. The number of hydrogen-bond donors (Lipinski definition) is 1. The van der Waals surface area contributed by atoms with Crippen LogP contribution >= 0.6 is 0 Å². The number of nitrogens with zero attached hydrogens (tertiary/aromatic N) is 4. The van der Waals surface area contributed by atoms with E-state index in [1.807, 2.05) is 24.4 Å². The number of benzene rings is 1. The van der Waals surface area contributed by atoms with Crippen molar-refractivity contribution in [1.29, 1.82) is 0 Å². The molecule has 1 aromatic carbocycles. The summed E-state index contributed by atoms with van der Waals surface area (Å²) in [5, 5.41) is 4.57. The zero-order valence-corrected chi connectivity index (χ0v) is 13.4. The Kier molecular flexibility index (Phi) is 3.19. The van der Waals surface area contributed by atoms with Gasteiger partial charge in [-0.2, -0.15) is 0 Å². The molecule has 3 aromatic rings. The Morgan fingerprint density at radius 3 is 2.92 bits per heavy atom. The number of nitrogens with one attached hydrogen (secondary N) is 1. The number of rotatable bonds is 4. The zero-order valence-electron chi connectivity index (χ0n) is 13.4. The lowest BCUT2D eigenvalue weighted by molar-refractivity contribution is 0.271. The Labute approximate surface area is 140 Å². The van der Waals surface area contributed by atoms with Gasteiger partial charge in [-0.1, -0.05) is 18.2 Å². The van der Waals surface area contributed by atoms with Crippen molar-refractivity contribution in [2.24, 2.45) is 5.92 Å². The van der Waals surface area contributed by atoms with Crippen molar-refractivity contribution >= 4 is 22.4 Å². The molecular weight excluding hydrogens is 298 g/mol. The highest BCUT2D eigenvalue weighted by molar-refractivity contribution is 5.82. The number of pyridine rings is 1. The minimum Gasteiger partial charge on any atom is -0.339 e. The van der Waals surface area contributed by atoms with Gasteiger partial charge in [-0.05, 0) is 30.9 Å². The molecule has 1 saturated carbocycles. The van der Waals surface area contributed by atoms with Crippen LogP contribution in [0.15, 0.2) is 42.9 Å². The van der Waals surface area contributed by atoms with E-state index in [0.717, 1.165) is 47.1 Å². The molecule has 0 spiro atoms. The van der Waals surface area contributed by atoms with Gasteiger partial charge in [0.15, 0.2) is 0 Å². The van der Waals surface area contributed by atoms with Crippen LogP contribution < -0.4 is 5.32 Å². The Hall–Kier alpha value is -2.53. The third-order valence-corrected chi connectivity index (χ3v) is 4.86. The average molecular weight is 317 g/mol. The van der Waals surface area contributed by atoms with Gasteiger partial charge in [0.2, 0.25) is 0 Å². The molecule has 0 bridgehead atoms. The number of aromatic nitrogens is 3. The third-order valence-electron chi connectivity index (χ3n) is 4.86. The van der Waals surface area contributed by atoms with Crippen LogP contribution in [0, 0.1) is 5.92 Å². The van der Waals surface area contributed by atoms with Crippen molar-refractivity contribution in [1.82, 2.24) is 19.9 Å². The summed E-state index contributed by atoms with van der Waals surface area (Å²) in [4.78, 5) is 16.0. The average Bonchev–Trinajstić information content (AvgIpc) is 3.31. The Balaban J connectivity index is 1.42. The summed E-state index contributed by atoms with van der Waals surface area (Å²) >= 11 is 0. The molecule has 3 heterocycles. The minimum atomic E-state index is 0.897. The van der Waals surface area contributed by atoms with Crippen molar-refractivity contribution in [3.8, 4) is 0 Å². The molecule has 0 atom stereocenters. The molecule has 1 aliphatic heterocycles. The fraction of sp³-hybridized carbons (Fsp3) is 0.316. The maximum Gasteiger partial charge on any atom is 0.138 e. The molecule has 1 N–H and O–H groups in total. The lowest BCUT2D eigenvalue weighted by Crippen LogP contribution is -2.19. The predicted octanol–water partition coefficient (Wildman–Crippen LogP) is 3.49. The van der Waals surface area contributed by atoms with Crippen molar-refractivity contribution < 1.29 is 0 Å². The quantitative estimate of drug-likeness (QED) is 0.798. The second kappa shape index (κ2) is 5.53. The van der Waals surface area contributed by atoms with Gasteiger partial charge in [-0.3, -0.25) is 9.88 Å². The van der Waals surface area contributed by atoms with Crippen LogP contribution in [-0.4, -0.2) is 26.4 Å². The maximum absolute atomic E-state index is 4.52. The highest BCUT2D eigenvalue weighted by Gasteiger charge is 2.29. The van der Waals surface area contributed by atoms with Gasteiger partial charge >= 0.3 is 0 Å². The first-order valence-electron chi connectivity index (χ1n) is 8.52. The summed E-state index contributed by atoms with van der Waals surface area (Å²) in [6.45, 7) is 3.07. The number of hydrogen-bond acceptors (Lipinski definition) is 5. The Bertz CT molecular complexity index is 903. The number of fused-ring (bicyclic) bond motifs is 2. The molecule has 5 heteroatoms. The highest BCUT2D eigenvalue weighted by atomic mass is 15.2. The second-order valence-electron chi connectivity index (χ2n) is 6.80. The Morgan fingerprint density at radius 1 is 1.08 bits per heavy atom. The van der Waals surface area contributed by atoms with Crippen LogP contribution in [0.3, 0.4) is 0 Å². The zero-order chi connectivity index (χ0) is 15.9. The van der Waals surface area contributed by atoms with Gasteiger partial charge in [-0.15, -0.1) is 0 Å². The molecule has 0 amide bonds. The summed E-state index contributed by atoms with van der Waals surface area (Å²) in [5.74, 6) is 1.81. The van der Waals surface area contributed by atoms with Crippen LogP contribution in [-0.2, 0) is 13.1 Å². The van der Waals surface area contributed by atoms with Gasteiger partial charge in [0.1, 0.15) is 12.1 Å². The molecule has 2 aliphatic rings. The van der Waals surface area contributed by atoms with Crippen LogP contribution in [0.25, 0.3) is 10.9 Å². The standard InChI is InChI=1S/C19H19N5/c1-2-4-17-14(3-1)7-15(8-20-17)23-19-16-10-24(9-13-5-6-13)11-18(16)21-12-22-19/h1-4,7-8,12-13H,5-6,9-11H2,(H,21,22,23). The molecule has 0 saturated heterocycles. The maximum atomic E-state index is 4.52. The predicted molar refractivity (Wildman–Crippen MR) is 93.9 cm³/mol. The summed E-state index contributed by atoms with van der Waals surface area (Å²) < 4.78 is 0. The smallest absolute Gasteiger partial charge is 0.138 e. The van der Waals surface area contributed by atoms with E-state index in [9.17, 15) is 0 Å². The van der Waals surface area contributed by atoms with E-state index in [4.69, 9.17) is 0 Å². The van der Waals surface area contributed by atoms with Crippen molar-refractivity contribution in [2.45, 2.75) is 25.9 Å². The summed E-state index contributed by atoms with van der Waals surface area (Å²) in [7, 11) is 0. The van der Waals surface area contributed by atoms with Crippen LogP contribution in [0.4, 0.5) is 11.5 Å². The van der Waals surface area contributed by atoms with Crippen LogP contribution in [0.5, 0.6) is 0 Å². The van der Waals surface area contributed by atoms with Gasteiger partial charge in [0, 0.05) is 30.6 Å². The lowest BCUT2D eigenvalue weighted by Gasteiger charge is -2.13. The number of para-hydroxylation sites is 1. The number of anilines is 2. The molecule has 2 aromatic heterocycles. The molecule has 1 fully saturated rings. The molecule has 5 rings (SSSR count). The highest BCUT2D eigenvalue weighted by Crippen LogP contribution is 2.34. The monoisotopic (exact) mass is 317 g/mol. The minimum absolute atomic E-state index is 0.897. The normalized spacial score (nSPS) is 17.2. The van der Waals surface area contributed by atoms with Crippen molar-refractivity contribution in [3.05, 3.63) is 54.1 Å². The van der Waals surface area contributed by atoms with E-state index >= 15 is 0 Å². The molecule has 24 heavy (non-hydrogen) atoms. The summed E-state index contributed by atoms with van der Waals surface area (Å²) in [6.07, 6.45) is 6.29. The fourth-order valence-corrected chi connectivity index (χ4v) is 3.42. The van der Waals surface area contributed by atoms with Gasteiger partial charge in [0.25, 0.3) is 0 Å². The molecule has 5 nitrogen and oxygen atoms in total. The second-order valence-corrected chi connectivity index (χ2v) is 6.80. The van der Waals surface area contributed by atoms with Gasteiger partial charge in [-0.25, -0.2) is 9.97 Å². The fourth-order valence-electron chi connectivity index (χ4n) is 3.42. The van der Waals surface area contributed by atoms with E-state index in [0.29, 0.717) is 0 Å². The van der Waals surface area contributed by atoms with E-state index in [1.165, 1.54) is 24.9 Å². The van der Waals surface area contributed by atoms with Gasteiger partial charge < -0.3 is 5.32 Å². The first-order valence-corrected chi connectivity index (χ1v) is 8.52. The molecule has 120 valence electrons. The van der Waals surface area contributed by atoms with Crippen LogP contribution in [0.2, 0.25) is 0 Å². The summed E-state index contributed by atoms with van der Waals surface area (Å²) in [5.41, 5.74) is 4.36. The third kappa shape index (κ3) is 2.61. The Morgan fingerprint density at radius 2 is 2.00 bits per heavy atom. The first-order chi connectivity index (χ1) is 11.8. The van der Waals surface area contributed by atoms with E-state index in [-0.39, 0.29) is 0 Å². The first kappa shape index (κ1) is 13.9.